The largest absolute Gasteiger partial charge is 0.393 e. The summed E-state index contributed by atoms with van der Waals surface area (Å²) in [7, 11) is 0. The molecule has 1 aromatic rings. The van der Waals surface area contributed by atoms with Crippen LogP contribution in [0.4, 0.5) is 0 Å². The van der Waals surface area contributed by atoms with E-state index in [1.165, 1.54) is 12.0 Å². The highest BCUT2D eigenvalue weighted by Crippen LogP contribution is 2.76. The van der Waals surface area contributed by atoms with Gasteiger partial charge in [-0.1, -0.05) is 78.8 Å². The quantitative estimate of drug-likeness (QED) is 0.372. The van der Waals surface area contributed by atoms with Crippen LogP contribution in [-0.2, 0) is 15.1 Å². The molecule has 1 amide bonds. The number of ketones is 1. The monoisotopic (exact) mass is 587 g/mol. The highest BCUT2D eigenvalue weighted by atomic mass is 16.3. The number of carbonyl (C=O) groups excluding carboxylic acids is 2. The predicted octanol–water partition coefficient (Wildman–Crippen LogP) is 8.38. The molecule has 2 N–H and O–H groups in total. The summed E-state index contributed by atoms with van der Waals surface area (Å²) < 4.78 is 0. The van der Waals surface area contributed by atoms with E-state index in [0.29, 0.717) is 18.3 Å². The fraction of sp³-hybridized carbons (Fsp3) is 0.744. The number of benzene rings is 1. The van der Waals surface area contributed by atoms with Gasteiger partial charge in [0.1, 0.15) is 0 Å². The Hall–Kier alpha value is -1.94. The topological polar surface area (TPSA) is 66.4 Å². The van der Waals surface area contributed by atoms with Gasteiger partial charge < -0.3 is 10.4 Å². The summed E-state index contributed by atoms with van der Waals surface area (Å²) in [4.78, 5) is 28.6. The van der Waals surface area contributed by atoms with Crippen molar-refractivity contribution >= 4 is 11.7 Å². The third kappa shape index (κ3) is 4.09. The molecule has 1 aromatic carbocycles. The van der Waals surface area contributed by atoms with Crippen LogP contribution in [0.5, 0.6) is 0 Å². The van der Waals surface area contributed by atoms with E-state index >= 15 is 0 Å². The van der Waals surface area contributed by atoms with E-state index < -0.39 is 11.0 Å². The van der Waals surface area contributed by atoms with Gasteiger partial charge in [0, 0.05) is 6.42 Å². The number of hydrogen-bond acceptors (Lipinski definition) is 3. The lowest BCUT2D eigenvalue weighted by molar-refractivity contribution is -0.228. The van der Waals surface area contributed by atoms with E-state index in [-0.39, 0.29) is 51.3 Å². The number of rotatable bonds is 4. The van der Waals surface area contributed by atoms with Crippen LogP contribution >= 0.6 is 0 Å². The second-order valence-corrected chi connectivity index (χ2v) is 17.6. The Morgan fingerprint density at radius 1 is 0.884 bits per heavy atom. The molecule has 5 aliphatic carbocycles. The van der Waals surface area contributed by atoms with E-state index in [9.17, 15) is 14.7 Å². The summed E-state index contributed by atoms with van der Waals surface area (Å²) in [5, 5.41) is 14.5. The van der Waals surface area contributed by atoms with Crippen LogP contribution in [0.2, 0.25) is 0 Å². The van der Waals surface area contributed by atoms with Crippen molar-refractivity contribution < 1.29 is 14.7 Å². The zero-order chi connectivity index (χ0) is 31.4. The van der Waals surface area contributed by atoms with Crippen molar-refractivity contribution in [2.45, 2.75) is 132 Å². The molecule has 0 saturated heterocycles. The zero-order valence-electron chi connectivity index (χ0n) is 28.4. The number of fused-ring (bicyclic) bond motifs is 7. The van der Waals surface area contributed by atoms with Crippen molar-refractivity contribution in [1.29, 1.82) is 0 Å². The van der Waals surface area contributed by atoms with E-state index in [4.69, 9.17) is 0 Å². The Balaban J connectivity index is 1.41. The van der Waals surface area contributed by atoms with Crippen LogP contribution in [0, 0.1) is 50.7 Å². The number of Topliss-reactive ketones (excluding diaryl/α,β-unsaturated/α-hetero) is 1. The van der Waals surface area contributed by atoms with Crippen LogP contribution < -0.4 is 5.32 Å². The van der Waals surface area contributed by atoms with E-state index in [1.807, 2.05) is 18.2 Å². The predicted molar refractivity (Wildman–Crippen MR) is 173 cm³/mol. The Kier molecular flexibility index (Phi) is 7.06. The number of aliphatic hydroxyl groups is 1. The summed E-state index contributed by atoms with van der Waals surface area (Å²) in [5.41, 5.74) is 2.29. The minimum absolute atomic E-state index is 0.0307. The Labute approximate surface area is 260 Å². The third-order valence-electron chi connectivity index (χ3n) is 14.8. The smallest absolute Gasteiger partial charge is 0.231 e. The van der Waals surface area contributed by atoms with Gasteiger partial charge in [0.25, 0.3) is 0 Å². The lowest BCUT2D eigenvalue weighted by Crippen LogP contribution is -2.66. The van der Waals surface area contributed by atoms with Gasteiger partial charge in [-0.2, -0.15) is 0 Å². The molecule has 8 atom stereocenters. The minimum Gasteiger partial charge on any atom is -0.393 e. The molecular formula is C39H57NO3. The van der Waals surface area contributed by atoms with Crippen molar-refractivity contribution in [1.82, 2.24) is 5.32 Å². The maximum atomic E-state index is 14.7. The first-order valence-corrected chi connectivity index (χ1v) is 17.3. The fourth-order valence-electron chi connectivity index (χ4n) is 12.2. The third-order valence-corrected chi connectivity index (χ3v) is 14.8. The SMILES string of the molecule is CC(C)C1=C2C3CCC4[C@@]5(C)CC[C@H](O)C(C)(C)C5CC[C@@]4(C)[C@]3(C)CC[C@@]2(C(=O)NC(C)(C)c2ccccc2)CC1=O. The van der Waals surface area contributed by atoms with Crippen LogP contribution in [0.1, 0.15) is 126 Å². The molecule has 4 nitrogen and oxygen atoms in total. The van der Waals surface area contributed by atoms with Crippen LogP contribution in [0.3, 0.4) is 0 Å². The first-order valence-electron chi connectivity index (χ1n) is 17.3. The summed E-state index contributed by atoms with van der Waals surface area (Å²) in [6, 6.07) is 10.2. The van der Waals surface area contributed by atoms with Crippen molar-refractivity contribution in [3.05, 3.63) is 47.0 Å². The number of aliphatic hydroxyl groups excluding tert-OH is 1. The molecule has 4 saturated carbocycles. The number of allylic oxidation sites excluding steroid dienone is 1. The van der Waals surface area contributed by atoms with Crippen LogP contribution in [0.25, 0.3) is 0 Å². The van der Waals surface area contributed by atoms with E-state index in [2.05, 4.69) is 79.8 Å². The highest BCUT2D eigenvalue weighted by Gasteiger charge is 2.70. The van der Waals surface area contributed by atoms with Gasteiger partial charge in [-0.3, -0.25) is 9.59 Å². The number of hydrogen-bond donors (Lipinski definition) is 2. The molecule has 6 rings (SSSR count). The lowest BCUT2D eigenvalue weighted by Gasteiger charge is -2.72. The molecule has 4 fully saturated rings. The summed E-state index contributed by atoms with van der Waals surface area (Å²) in [6.07, 6.45) is 8.35. The summed E-state index contributed by atoms with van der Waals surface area (Å²) in [6.45, 7) is 20.8. The first-order chi connectivity index (χ1) is 20.0. The molecule has 3 unspecified atom stereocenters. The van der Waals surface area contributed by atoms with Gasteiger partial charge in [0.15, 0.2) is 5.78 Å². The fourth-order valence-corrected chi connectivity index (χ4v) is 12.2. The number of carbonyl (C=O) groups is 2. The Bertz CT molecular complexity index is 1340. The van der Waals surface area contributed by atoms with Crippen molar-refractivity contribution in [3.8, 4) is 0 Å². The minimum atomic E-state index is -0.742. The van der Waals surface area contributed by atoms with Crippen LogP contribution in [0.15, 0.2) is 41.5 Å². The average molecular weight is 588 g/mol. The van der Waals surface area contributed by atoms with Gasteiger partial charge in [0.05, 0.1) is 17.1 Å². The second kappa shape index (κ2) is 9.78. The second-order valence-electron chi connectivity index (χ2n) is 17.6. The van der Waals surface area contributed by atoms with Gasteiger partial charge in [-0.25, -0.2) is 0 Å². The van der Waals surface area contributed by atoms with Gasteiger partial charge in [0.2, 0.25) is 5.91 Å². The van der Waals surface area contributed by atoms with Gasteiger partial charge >= 0.3 is 0 Å². The Morgan fingerprint density at radius 2 is 1.56 bits per heavy atom. The molecule has 236 valence electrons. The Morgan fingerprint density at radius 3 is 2.21 bits per heavy atom. The average Bonchev–Trinajstić information content (AvgIpc) is 3.25. The maximum Gasteiger partial charge on any atom is 0.231 e. The first kappa shape index (κ1) is 31.1. The lowest BCUT2D eigenvalue weighted by atomic mass is 9.33. The zero-order valence-corrected chi connectivity index (χ0v) is 28.4. The summed E-state index contributed by atoms with van der Waals surface area (Å²) >= 11 is 0. The van der Waals surface area contributed by atoms with Gasteiger partial charge in [-0.05, 0) is 127 Å². The van der Waals surface area contributed by atoms with E-state index in [1.54, 1.807) is 0 Å². The van der Waals surface area contributed by atoms with Crippen LogP contribution in [-0.4, -0.2) is 22.9 Å². The van der Waals surface area contributed by atoms with Crippen molar-refractivity contribution in [2.75, 3.05) is 0 Å². The molecule has 0 spiro atoms. The molecule has 0 bridgehead atoms. The molecule has 0 heterocycles. The molecule has 5 aliphatic rings. The molecule has 4 heteroatoms. The normalized spacial score (nSPS) is 42.2. The number of nitrogens with one attached hydrogen (secondary N) is 1. The molecular weight excluding hydrogens is 530 g/mol. The molecule has 0 aliphatic heterocycles. The molecule has 0 aromatic heterocycles. The van der Waals surface area contributed by atoms with E-state index in [0.717, 1.165) is 56.1 Å². The molecule has 0 radical (unpaired) electrons. The van der Waals surface area contributed by atoms with Crippen molar-refractivity contribution in [2.24, 2.45) is 50.7 Å². The van der Waals surface area contributed by atoms with Gasteiger partial charge in [-0.15, -0.1) is 0 Å². The maximum absolute atomic E-state index is 14.7. The molecule has 43 heavy (non-hydrogen) atoms. The summed E-state index contributed by atoms with van der Waals surface area (Å²) in [5.74, 6) is 1.72. The number of amides is 1. The standard InChI is InChI=1S/C39H57NO3/c1-24(2)31-27(41)23-39(33(43)40-35(5,6)25-13-11-10-12-14-25)22-21-37(8)26(32(31)39)15-16-29-36(7)19-18-30(42)34(3,4)28(36)17-20-38(29,37)9/h10-14,24,26,28-30,42H,15-23H2,1-9H3,(H,40,43)/t26?,28?,29?,30-,36-,37+,38+,39+/m0/s1. The van der Waals surface area contributed by atoms with Crippen molar-refractivity contribution in [3.63, 3.8) is 0 Å². The highest BCUT2D eigenvalue weighted by molar-refractivity contribution is 6.07.